The highest BCUT2D eigenvalue weighted by Gasteiger charge is 2.03. The summed E-state index contributed by atoms with van der Waals surface area (Å²) in [7, 11) is 0. The molecular weight excluding hydrogens is 272 g/mol. The number of hydrogen-bond acceptors (Lipinski definition) is 4. The molecule has 4 nitrogen and oxygen atoms in total. The number of carboxylic acid groups (broad SMARTS) is 1. The predicted molar refractivity (Wildman–Crippen MR) is 79.8 cm³/mol. The zero-order valence-electron chi connectivity index (χ0n) is 11.2. The molecule has 0 unspecified atom stereocenters. The van der Waals surface area contributed by atoms with Gasteiger partial charge in [-0.1, -0.05) is 31.2 Å². The zero-order chi connectivity index (χ0) is 14.4. The minimum Gasteiger partial charge on any atom is -0.481 e. The third-order valence-corrected chi connectivity index (χ3v) is 3.79. The highest BCUT2D eigenvalue weighted by atomic mass is 32.2. The summed E-state index contributed by atoms with van der Waals surface area (Å²) in [5.41, 5.74) is 3.16. The van der Waals surface area contributed by atoms with E-state index < -0.39 is 5.97 Å². The number of aryl methyl sites for hydroxylation is 1. The Morgan fingerprint density at radius 2 is 1.90 bits per heavy atom. The lowest BCUT2D eigenvalue weighted by atomic mass is 10.1. The topological polar surface area (TPSA) is 63.1 Å². The molecule has 1 heterocycles. The van der Waals surface area contributed by atoms with Gasteiger partial charge in [-0.05, 0) is 24.1 Å². The average Bonchev–Trinajstić information content (AvgIpc) is 2.48. The molecule has 0 spiro atoms. The van der Waals surface area contributed by atoms with Gasteiger partial charge in [-0.2, -0.15) is 0 Å². The molecule has 2 aromatic rings. The van der Waals surface area contributed by atoms with Crippen LogP contribution < -0.4 is 0 Å². The highest BCUT2D eigenvalue weighted by molar-refractivity contribution is 7.99. The monoisotopic (exact) mass is 288 g/mol. The van der Waals surface area contributed by atoms with Gasteiger partial charge in [0, 0.05) is 11.3 Å². The molecule has 0 saturated heterocycles. The fourth-order valence-corrected chi connectivity index (χ4v) is 2.45. The van der Waals surface area contributed by atoms with Crippen LogP contribution in [0.1, 0.15) is 18.9 Å². The van der Waals surface area contributed by atoms with Crippen molar-refractivity contribution in [1.82, 2.24) is 10.2 Å². The molecule has 2 rings (SSSR count). The molecule has 0 bridgehead atoms. The van der Waals surface area contributed by atoms with E-state index in [9.17, 15) is 4.79 Å². The normalized spacial score (nSPS) is 10.4. The van der Waals surface area contributed by atoms with Gasteiger partial charge in [-0.15, -0.1) is 22.0 Å². The second kappa shape index (κ2) is 7.05. The Kier molecular flexibility index (Phi) is 5.12. The van der Waals surface area contributed by atoms with E-state index >= 15 is 0 Å². The number of nitrogens with zero attached hydrogens (tertiary/aromatic N) is 2. The summed E-state index contributed by atoms with van der Waals surface area (Å²) >= 11 is 1.40. The molecule has 0 amide bonds. The summed E-state index contributed by atoms with van der Waals surface area (Å²) in [5, 5.41) is 17.6. The zero-order valence-corrected chi connectivity index (χ0v) is 12.1. The van der Waals surface area contributed by atoms with Crippen LogP contribution in [0.2, 0.25) is 0 Å². The fourth-order valence-electron chi connectivity index (χ4n) is 1.71. The minimum atomic E-state index is -0.793. The van der Waals surface area contributed by atoms with Crippen molar-refractivity contribution in [2.45, 2.75) is 24.8 Å². The first-order chi connectivity index (χ1) is 9.69. The number of rotatable bonds is 6. The number of thioether (sulfide) groups is 1. The van der Waals surface area contributed by atoms with E-state index in [0.717, 1.165) is 22.7 Å². The molecule has 0 saturated carbocycles. The number of hydrogen-bond donors (Lipinski definition) is 1. The molecule has 0 atom stereocenters. The molecule has 0 aliphatic rings. The maximum atomic E-state index is 10.4. The van der Waals surface area contributed by atoms with Crippen LogP contribution in [0.4, 0.5) is 0 Å². The quantitative estimate of drug-likeness (QED) is 0.826. The van der Waals surface area contributed by atoms with Gasteiger partial charge in [0.05, 0.1) is 12.1 Å². The summed E-state index contributed by atoms with van der Waals surface area (Å²) in [4.78, 5) is 10.4. The number of carbonyl (C=O) groups is 1. The Bertz CT molecular complexity index is 567. The standard InChI is InChI=1S/C15H16N2O2S/c1-2-11-3-5-12(6-4-11)13-7-8-14(17-16-13)20-10-9-15(18)19/h3-8H,2,9-10H2,1H3,(H,18,19). The van der Waals surface area contributed by atoms with Crippen molar-refractivity contribution in [3.63, 3.8) is 0 Å². The van der Waals surface area contributed by atoms with Crippen molar-refractivity contribution >= 4 is 17.7 Å². The first kappa shape index (κ1) is 14.5. The third kappa shape index (κ3) is 4.06. The molecule has 0 radical (unpaired) electrons. The van der Waals surface area contributed by atoms with Crippen LogP contribution in [0, 0.1) is 0 Å². The van der Waals surface area contributed by atoms with Crippen LogP contribution in [0.5, 0.6) is 0 Å². The molecule has 20 heavy (non-hydrogen) atoms. The van der Waals surface area contributed by atoms with E-state index in [0.29, 0.717) is 5.75 Å². The molecule has 1 aromatic carbocycles. The summed E-state index contributed by atoms with van der Waals surface area (Å²) in [5.74, 6) is -0.285. The van der Waals surface area contributed by atoms with E-state index in [4.69, 9.17) is 5.11 Å². The lowest BCUT2D eigenvalue weighted by Gasteiger charge is -2.03. The van der Waals surface area contributed by atoms with Crippen LogP contribution in [0.3, 0.4) is 0 Å². The van der Waals surface area contributed by atoms with Crippen molar-refractivity contribution in [3.8, 4) is 11.3 Å². The Balaban J connectivity index is 2.01. The summed E-state index contributed by atoms with van der Waals surface area (Å²) in [6.07, 6.45) is 1.15. The van der Waals surface area contributed by atoms with Gasteiger partial charge in [-0.25, -0.2) is 0 Å². The molecule has 5 heteroatoms. The summed E-state index contributed by atoms with van der Waals surface area (Å²) in [6.45, 7) is 2.12. The van der Waals surface area contributed by atoms with Gasteiger partial charge in [-0.3, -0.25) is 4.79 Å². The predicted octanol–water partition coefficient (Wildman–Crippen LogP) is 3.27. The van der Waals surface area contributed by atoms with Crippen LogP contribution >= 0.6 is 11.8 Å². The first-order valence-corrected chi connectivity index (χ1v) is 7.45. The maximum absolute atomic E-state index is 10.4. The van der Waals surface area contributed by atoms with E-state index in [1.165, 1.54) is 17.3 Å². The van der Waals surface area contributed by atoms with Crippen LogP contribution in [-0.2, 0) is 11.2 Å². The second-order valence-corrected chi connectivity index (χ2v) is 5.41. The number of carboxylic acids is 1. The minimum absolute atomic E-state index is 0.132. The van der Waals surface area contributed by atoms with Gasteiger partial charge in [0.2, 0.25) is 0 Å². The van der Waals surface area contributed by atoms with Gasteiger partial charge >= 0.3 is 5.97 Å². The average molecular weight is 288 g/mol. The van der Waals surface area contributed by atoms with Crippen molar-refractivity contribution < 1.29 is 9.90 Å². The fraction of sp³-hybridized carbons (Fsp3) is 0.267. The van der Waals surface area contributed by atoms with E-state index in [1.807, 2.05) is 24.3 Å². The van der Waals surface area contributed by atoms with E-state index in [1.54, 1.807) is 0 Å². The SMILES string of the molecule is CCc1ccc(-c2ccc(SCCC(=O)O)nn2)cc1. The smallest absolute Gasteiger partial charge is 0.304 e. The molecule has 0 aliphatic heterocycles. The van der Waals surface area contributed by atoms with Crippen LogP contribution in [0.15, 0.2) is 41.4 Å². The second-order valence-electron chi connectivity index (χ2n) is 4.30. The van der Waals surface area contributed by atoms with Gasteiger partial charge in [0.25, 0.3) is 0 Å². The van der Waals surface area contributed by atoms with Crippen molar-refractivity contribution in [2.75, 3.05) is 5.75 Å². The van der Waals surface area contributed by atoms with Gasteiger partial charge in [0.15, 0.2) is 0 Å². The molecule has 1 aromatic heterocycles. The van der Waals surface area contributed by atoms with Gasteiger partial charge < -0.3 is 5.11 Å². The Morgan fingerprint density at radius 1 is 1.15 bits per heavy atom. The van der Waals surface area contributed by atoms with E-state index in [-0.39, 0.29) is 6.42 Å². The van der Waals surface area contributed by atoms with Crippen molar-refractivity contribution in [2.24, 2.45) is 0 Å². The van der Waals surface area contributed by atoms with Gasteiger partial charge in [0.1, 0.15) is 5.03 Å². The Labute approximate surface area is 122 Å². The molecule has 0 fully saturated rings. The lowest BCUT2D eigenvalue weighted by Crippen LogP contribution is -1.96. The largest absolute Gasteiger partial charge is 0.481 e. The van der Waals surface area contributed by atoms with Crippen LogP contribution in [0.25, 0.3) is 11.3 Å². The van der Waals surface area contributed by atoms with E-state index in [2.05, 4.69) is 29.3 Å². The summed E-state index contributed by atoms with van der Waals surface area (Å²) < 4.78 is 0. The summed E-state index contributed by atoms with van der Waals surface area (Å²) in [6, 6.07) is 12.1. The maximum Gasteiger partial charge on any atom is 0.304 e. The first-order valence-electron chi connectivity index (χ1n) is 6.46. The molecule has 0 aliphatic carbocycles. The van der Waals surface area contributed by atoms with Crippen LogP contribution in [-0.4, -0.2) is 27.0 Å². The number of benzene rings is 1. The van der Waals surface area contributed by atoms with Crippen molar-refractivity contribution in [3.05, 3.63) is 42.0 Å². The molecular formula is C15H16N2O2S. The Morgan fingerprint density at radius 3 is 2.45 bits per heavy atom. The molecule has 104 valence electrons. The van der Waals surface area contributed by atoms with Crippen molar-refractivity contribution in [1.29, 1.82) is 0 Å². The Hall–Kier alpha value is -1.88. The number of aromatic nitrogens is 2. The number of aliphatic carboxylic acids is 1. The lowest BCUT2D eigenvalue weighted by molar-refractivity contribution is -0.136. The highest BCUT2D eigenvalue weighted by Crippen LogP contribution is 2.20. The third-order valence-electron chi connectivity index (χ3n) is 2.86. The molecule has 1 N–H and O–H groups in total.